The Kier molecular flexibility index (Phi) is 4.48. The number of fused-ring (bicyclic) bond motifs is 2. The summed E-state index contributed by atoms with van der Waals surface area (Å²) in [7, 11) is 0. The minimum Gasteiger partial charge on any atom is -0.493 e. The number of ether oxygens (including phenoxy) is 2. The van der Waals surface area contributed by atoms with E-state index < -0.39 is 0 Å². The van der Waals surface area contributed by atoms with Crippen molar-refractivity contribution in [1.29, 1.82) is 5.41 Å². The molecule has 0 aliphatic carbocycles. The van der Waals surface area contributed by atoms with E-state index in [1.54, 1.807) is 12.4 Å². The molecule has 144 valence electrons. The SMILES string of the molecule is N=C(N/C(=C/c1ccc2c(c1)CCO2)c1ccc2c(c1)CCO2)c1ccncc1. The average molecular weight is 383 g/mol. The number of nitrogens with one attached hydrogen (secondary N) is 2. The van der Waals surface area contributed by atoms with Gasteiger partial charge in [-0.3, -0.25) is 10.4 Å². The third kappa shape index (κ3) is 3.59. The van der Waals surface area contributed by atoms with Crippen molar-refractivity contribution >= 4 is 17.6 Å². The third-order valence-corrected chi connectivity index (χ3v) is 5.25. The molecule has 0 bridgehead atoms. The van der Waals surface area contributed by atoms with E-state index in [1.807, 2.05) is 30.3 Å². The van der Waals surface area contributed by atoms with Crippen LogP contribution in [0, 0.1) is 5.41 Å². The smallest absolute Gasteiger partial charge is 0.130 e. The van der Waals surface area contributed by atoms with E-state index in [9.17, 15) is 0 Å². The van der Waals surface area contributed by atoms with Crippen LogP contribution in [0.2, 0.25) is 0 Å². The van der Waals surface area contributed by atoms with Crippen LogP contribution in [-0.2, 0) is 12.8 Å². The molecule has 0 atom stereocenters. The lowest BCUT2D eigenvalue weighted by Gasteiger charge is -2.14. The van der Waals surface area contributed by atoms with Gasteiger partial charge in [0.05, 0.1) is 13.2 Å². The Morgan fingerprint density at radius 1 is 0.862 bits per heavy atom. The maximum absolute atomic E-state index is 8.53. The second-order valence-corrected chi connectivity index (χ2v) is 7.18. The number of hydrogen-bond donors (Lipinski definition) is 2. The van der Waals surface area contributed by atoms with E-state index >= 15 is 0 Å². The largest absolute Gasteiger partial charge is 0.493 e. The van der Waals surface area contributed by atoms with E-state index in [1.165, 1.54) is 11.1 Å². The van der Waals surface area contributed by atoms with Crippen molar-refractivity contribution < 1.29 is 9.47 Å². The van der Waals surface area contributed by atoms with Gasteiger partial charge in [-0.2, -0.15) is 0 Å². The fourth-order valence-electron chi connectivity index (χ4n) is 3.73. The first-order valence-electron chi connectivity index (χ1n) is 9.76. The zero-order valence-corrected chi connectivity index (χ0v) is 15.9. The first kappa shape index (κ1) is 17.5. The summed E-state index contributed by atoms with van der Waals surface area (Å²) in [5.41, 5.74) is 6.21. The highest BCUT2D eigenvalue weighted by atomic mass is 16.5. The first-order chi connectivity index (χ1) is 14.3. The quantitative estimate of drug-likeness (QED) is 0.405. The zero-order valence-electron chi connectivity index (χ0n) is 15.9. The van der Waals surface area contributed by atoms with Crippen LogP contribution in [0.5, 0.6) is 11.5 Å². The van der Waals surface area contributed by atoms with Crippen LogP contribution in [0.4, 0.5) is 0 Å². The fraction of sp³-hybridized carbons (Fsp3) is 0.167. The molecule has 5 heteroatoms. The maximum Gasteiger partial charge on any atom is 0.130 e. The minimum absolute atomic E-state index is 0.333. The monoisotopic (exact) mass is 383 g/mol. The molecule has 5 rings (SSSR count). The Balaban J connectivity index is 1.52. The molecule has 0 fully saturated rings. The Labute approximate surface area is 169 Å². The molecule has 29 heavy (non-hydrogen) atoms. The molecule has 2 aromatic carbocycles. The van der Waals surface area contributed by atoms with Crippen LogP contribution in [0.3, 0.4) is 0 Å². The van der Waals surface area contributed by atoms with Crippen molar-refractivity contribution in [2.24, 2.45) is 0 Å². The third-order valence-electron chi connectivity index (χ3n) is 5.25. The molecule has 1 aromatic heterocycles. The summed E-state index contributed by atoms with van der Waals surface area (Å²) in [4.78, 5) is 4.04. The predicted molar refractivity (Wildman–Crippen MR) is 113 cm³/mol. The molecule has 2 aliphatic heterocycles. The predicted octanol–water partition coefficient (Wildman–Crippen LogP) is 4.06. The van der Waals surface area contributed by atoms with Crippen LogP contribution < -0.4 is 14.8 Å². The van der Waals surface area contributed by atoms with Crippen LogP contribution in [0.1, 0.15) is 27.8 Å². The topological polar surface area (TPSA) is 67.2 Å². The van der Waals surface area contributed by atoms with Crippen molar-refractivity contribution in [3.05, 3.63) is 88.7 Å². The number of rotatable bonds is 4. The number of benzene rings is 2. The number of aromatic nitrogens is 1. The average Bonchev–Trinajstić information content (AvgIpc) is 3.42. The molecular weight excluding hydrogens is 362 g/mol. The van der Waals surface area contributed by atoms with Crippen molar-refractivity contribution in [1.82, 2.24) is 10.3 Å². The molecule has 2 aliphatic rings. The van der Waals surface area contributed by atoms with Gasteiger partial charge in [0, 0.05) is 36.5 Å². The molecule has 0 spiro atoms. The number of nitrogens with zero attached hydrogens (tertiary/aromatic N) is 1. The summed E-state index contributed by atoms with van der Waals surface area (Å²) in [5.74, 6) is 2.25. The summed E-state index contributed by atoms with van der Waals surface area (Å²) >= 11 is 0. The number of pyridine rings is 1. The van der Waals surface area contributed by atoms with Gasteiger partial charge in [0.25, 0.3) is 0 Å². The van der Waals surface area contributed by atoms with E-state index in [0.29, 0.717) is 5.84 Å². The van der Waals surface area contributed by atoms with Gasteiger partial charge < -0.3 is 14.8 Å². The van der Waals surface area contributed by atoms with Gasteiger partial charge >= 0.3 is 0 Å². The highest BCUT2D eigenvalue weighted by Gasteiger charge is 2.16. The Hall–Kier alpha value is -3.60. The van der Waals surface area contributed by atoms with Crippen LogP contribution in [0.25, 0.3) is 11.8 Å². The summed E-state index contributed by atoms with van der Waals surface area (Å²) in [6, 6.07) is 16.1. The normalized spacial score (nSPS) is 14.6. The highest BCUT2D eigenvalue weighted by molar-refractivity contribution is 6.03. The van der Waals surface area contributed by atoms with Crippen molar-refractivity contribution in [2.45, 2.75) is 12.8 Å². The van der Waals surface area contributed by atoms with Crippen LogP contribution >= 0.6 is 0 Å². The first-order valence-corrected chi connectivity index (χ1v) is 9.76. The maximum atomic E-state index is 8.53. The lowest BCUT2D eigenvalue weighted by Crippen LogP contribution is -2.22. The lowest BCUT2D eigenvalue weighted by molar-refractivity contribution is 0.356. The second kappa shape index (κ2) is 7.43. The van der Waals surface area contributed by atoms with Crippen molar-refractivity contribution in [3.8, 4) is 11.5 Å². The Morgan fingerprint density at radius 2 is 1.55 bits per heavy atom. The Bertz CT molecular complexity index is 1110. The van der Waals surface area contributed by atoms with E-state index in [0.717, 1.165) is 59.9 Å². The summed E-state index contributed by atoms with van der Waals surface area (Å²) in [5, 5.41) is 11.8. The molecule has 2 N–H and O–H groups in total. The fourth-order valence-corrected chi connectivity index (χ4v) is 3.73. The van der Waals surface area contributed by atoms with Gasteiger partial charge in [-0.25, -0.2) is 0 Å². The summed E-state index contributed by atoms with van der Waals surface area (Å²) < 4.78 is 11.3. The van der Waals surface area contributed by atoms with Gasteiger partial charge in [0.2, 0.25) is 0 Å². The Morgan fingerprint density at radius 3 is 2.31 bits per heavy atom. The standard InChI is InChI=1S/C24H21N3O2/c25-24(17-5-9-26-10-6-17)27-21(18-2-4-23-20(15-18)8-12-29-23)14-16-1-3-22-19(13-16)7-11-28-22/h1-6,9-10,13-15H,7-8,11-12H2,(H2,25,27)/b21-14+. The number of amidine groups is 1. The van der Waals surface area contributed by atoms with Crippen molar-refractivity contribution in [2.75, 3.05) is 13.2 Å². The lowest BCUT2D eigenvalue weighted by atomic mass is 10.0. The van der Waals surface area contributed by atoms with Crippen LogP contribution in [0.15, 0.2) is 60.9 Å². The molecule has 3 heterocycles. The van der Waals surface area contributed by atoms with Gasteiger partial charge in [0.15, 0.2) is 0 Å². The van der Waals surface area contributed by atoms with Crippen LogP contribution in [-0.4, -0.2) is 24.0 Å². The summed E-state index contributed by atoms with van der Waals surface area (Å²) in [6.07, 6.45) is 7.33. The van der Waals surface area contributed by atoms with Crippen molar-refractivity contribution in [3.63, 3.8) is 0 Å². The van der Waals surface area contributed by atoms with E-state index in [4.69, 9.17) is 14.9 Å². The van der Waals surface area contributed by atoms with E-state index in [2.05, 4.69) is 34.6 Å². The van der Waals surface area contributed by atoms with Gasteiger partial charge in [0.1, 0.15) is 17.3 Å². The highest BCUT2D eigenvalue weighted by Crippen LogP contribution is 2.30. The molecule has 5 nitrogen and oxygen atoms in total. The molecular formula is C24H21N3O2. The van der Waals surface area contributed by atoms with E-state index in [-0.39, 0.29) is 0 Å². The van der Waals surface area contributed by atoms with Gasteiger partial charge in [-0.15, -0.1) is 0 Å². The van der Waals surface area contributed by atoms with Gasteiger partial charge in [-0.05, 0) is 70.8 Å². The number of hydrogen-bond acceptors (Lipinski definition) is 4. The second-order valence-electron chi connectivity index (χ2n) is 7.18. The molecule has 0 saturated carbocycles. The summed E-state index contributed by atoms with van der Waals surface area (Å²) in [6.45, 7) is 1.47. The molecule has 3 aromatic rings. The minimum atomic E-state index is 0.333. The molecule has 0 unspecified atom stereocenters. The molecule has 0 radical (unpaired) electrons. The molecule has 0 amide bonds. The zero-order chi connectivity index (χ0) is 19.6. The van der Waals surface area contributed by atoms with Gasteiger partial charge in [-0.1, -0.05) is 6.07 Å². The molecule has 0 saturated heterocycles.